The third-order valence-corrected chi connectivity index (χ3v) is 2.60. The molecule has 0 aliphatic heterocycles. The second kappa shape index (κ2) is 4.47. The van der Waals surface area contributed by atoms with E-state index in [0.29, 0.717) is 17.2 Å². The first-order chi connectivity index (χ1) is 8.50. The van der Waals surface area contributed by atoms with Crippen LogP contribution in [0, 0.1) is 6.92 Å². The van der Waals surface area contributed by atoms with Gasteiger partial charge in [0.05, 0.1) is 11.4 Å². The lowest BCUT2D eigenvalue weighted by molar-refractivity contribution is 0.0446. The number of rotatable bonds is 3. The monoisotopic (exact) mass is 250 g/mol. The lowest BCUT2D eigenvalue weighted by Crippen LogP contribution is -2.14. The van der Waals surface area contributed by atoms with Gasteiger partial charge in [-0.05, 0) is 6.92 Å². The van der Waals surface area contributed by atoms with Crippen LogP contribution in [0.4, 0.5) is 5.69 Å². The highest BCUT2D eigenvalue weighted by Crippen LogP contribution is 2.16. The standard InChI is InChI=1S/C10H14N6O2/c1-6-8(11)9(16(3)14-6)10(17)18-4-7-12-5-13-15(7)2/h5H,4,11H2,1-3H3. The number of nitrogen functional groups attached to an aromatic ring is 1. The molecular weight excluding hydrogens is 236 g/mol. The number of carbonyl (C=O) groups is 1. The van der Waals surface area contributed by atoms with Gasteiger partial charge in [-0.3, -0.25) is 9.36 Å². The van der Waals surface area contributed by atoms with E-state index >= 15 is 0 Å². The van der Waals surface area contributed by atoms with Crippen LogP contribution in [0.5, 0.6) is 0 Å². The van der Waals surface area contributed by atoms with E-state index in [2.05, 4.69) is 15.2 Å². The van der Waals surface area contributed by atoms with Crippen molar-refractivity contribution >= 4 is 11.7 Å². The Kier molecular flexibility index (Phi) is 3.00. The second-order valence-electron chi connectivity index (χ2n) is 3.85. The average Bonchev–Trinajstić information content (AvgIpc) is 2.81. The molecule has 0 aliphatic rings. The van der Waals surface area contributed by atoms with Crippen LogP contribution in [0.1, 0.15) is 22.0 Å². The van der Waals surface area contributed by atoms with E-state index in [0.717, 1.165) is 0 Å². The molecule has 0 unspecified atom stereocenters. The molecule has 2 rings (SSSR count). The summed E-state index contributed by atoms with van der Waals surface area (Å²) < 4.78 is 8.06. The van der Waals surface area contributed by atoms with E-state index in [1.54, 1.807) is 21.0 Å². The van der Waals surface area contributed by atoms with Crippen molar-refractivity contribution in [2.75, 3.05) is 5.73 Å². The number of carbonyl (C=O) groups excluding carboxylic acids is 1. The lowest BCUT2D eigenvalue weighted by atomic mass is 10.3. The largest absolute Gasteiger partial charge is 0.453 e. The van der Waals surface area contributed by atoms with E-state index in [1.165, 1.54) is 15.7 Å². The molecule has 0 aliphatic carbocycles. The number of aromatic nitrogens is 5. The number of hydrogen-bond acceptors (Lipinski definition) is 6. The molecule has 2 aromatic heterocycles. The van der Waals surface area contributed by atoms with Crippen molar-refractivity contribution in [1.29, 1.82) is 0 Å². The topological polar surface area (TPSA) is 101 Å². The summed E-state index contributed by atoms with van der Waals surface area (Å²) in [6, 6.07) is 0. The fraction of sp³-hybridized carbons (Fsp3) is 0.400. The Morgan fingerprint density at radius 1 is 1.44 bits per heavy atom. The number of ether oxygens (including phenoxy) is 1. The average molecular weight is 250 g/mol. The van der Waals surface area contributed by atoms with Crippen LogP contribution in [0.25, 0.3) is 0 Å². The summed E-state index contributed by atoms with van der Waals surface area (Å²) in [7, 11) is 3.36. The number of anilines is 1. The van der Waals surface area contributed by atoms with Crippen molar-refractivity contribution in [3.8, 4) is 0 Å². The fourth-order valence-electron chi connectivity index (χ4n) is 1.57. The Labute approximate surface area is 103 Å². The number of nitrogens with zero attached hydrogens (tertiary/aromatic N) is 5. The zero-order valence-corrected chi connectivity index (χ0v) is 10.4. The third-order valence-electron chi connectivity index (χ3n) is 2.60. The molecule has 0 bridgehead atoms. The molecule has 96 valence electrons. The molecule has 0 spiro atoms. The van der Waals surface area contributed by atoms with Crippen molar-refractivity contribution in [2.24, 2.45) is 14.1 Å². The summed E-state index contributed by atoms with van der Waals surface area (Å²) in [5.41, 5.74) is 6.94. The van der Waals surface area contributed by atoms with Gasteiger partial charge in [0.25, 0.3) is 0 Å². The summed E-state index contributed by atoms with van der Waals surface area (Å²) >= 11 is 0. The third kappa shape index (κ3) is 2.04. The molecule has 0 aromatic carbocycles. The van der Waals surface area contributed by atoms with Crippen molar-refractivity contribution < 1.29 is 9.53 Å². The molecule has 2 N–H and O–H groups in total. The Balaban J connectivity index is 2.11. The first-order valence-electron chi connectivity index (χ1n) is 5.29. The van der Waals surface area contributed by atoms with Gasteiger partial charge in [0.2, 0.25) is 0 Å². The normalized spacial score (nSPS) is 10.6. The van der Waals surface area contributed by atoms with E-state index in [9.17, 15) is 4.79 Å². The number of aryl methyl sites for hydroxylation is 3. The molecule has 0 saturated heterocycles. The molecule has 2 aromatic rings. The van der Waals surface area contributed by atoms with Gasteiger partial charge in [-0.25, -0.2) is 9.78 Å². The zero-order valence-electron chi connectivity index (χ0n) is 10.4. The maximum absolute atomic E-state index is 11.9. The Morgan fingerprint density at radius 2 is 2.17 bits per heavy atom. The first kappa shape index (κ1) is 12.1. The van der Waals surface area contributed by atoms with Crippen LogP contribution in [0.3, 0.4) is 0 Å². The summed E-state index contributed by atoms with van der Waals surface area (Å²) in [4.78, 5) is 15.8. The van der Waals surface area contributed by atoms with Crippen molar-refractivity contribution in [1.82, 2.24) is 24.5 Å². The van der Waals surface area contributed by atoms with Gasteiger partial charge >= 0.3 is 5.97 Å². The smallest absolute Gasteiger partial charge is 0.359 e. The number of esters is 1. The highest BCUT2D eigenvalue weighted by Gasteiger charge is 2.19. The van der Waals surface area contributed by atoms with Crippen LogP contribution >= 0.6 is 0 Å². The zero-order chi connectivity index (χ0) is 13.3. The summed E-state index contributed by atoms with van der Waals surface area (Å²) in [5.74, 6) is 0.0272. The summed E-state index contributed by atoms with van der Waals surface area (Å²) in [5, 5.41) is 7.93. The van der Waals surface area contributed by atoms with Gasteiger partial charge in [0, 0.05) is 14.1 Å². The van der Waals surface area contributed by atoms with Crippen molar-refractivity contribution in [2.45, 2.75) is 13.5 Å². The van der Waals surface area contributed by atoms with Gasteiger partial charge in [0.15, 0.2) is 18.1 Å². The first-order valence-corrected chi connectivity index (χ1v) is 5.29. The molecule has 8 nitrogen and oxygen atoms in total. The minimum atomic E-state index is -0.529. The molecule has 2 heterocycles. The molecule has 18 heavy (non-hydrogen) atoms. The van der Waals surface area contributed by atoms with Crippen LogP contribution in [0.15, 0.2) is 6.33 Å². The molecule has 0 radical (unpaired) electrons. The fourth-order valence-corrected chi connectivity index (χ4v) is 1.57. The van der Waals surface area contributed by atoms with Gasteiger partial charge in [-0.15, -0.1) is 0 Å². The van der Waals surface area contributed by atoms with E-state index in [1.807, 2.05) is 0 Å². The van der Waals surface area contributed by atoms with Gasteiger partial charge in [0.1, 0.15) is 6.33 Å². The lowest BCUT2D eigenvalue weighted by Gasteiger charge is -2.05. The highest BCUT2D eigenvalue weighted by molar-refractivity contribution is 5.93. The van der Waals surface area contributed by atoms with E-state index < -0.39 is 5.97 Å². The van der Waals surface area contributed by atoms with E-state index in [-0.39, 0.29) is 12.3 Å². The van der Waals surface area contributed by atoms with Crippen LogP contribution in [-0.2, 0) is 25.4 Å². The van der Waals surface area contributed by atoms with Crippen LogP contribution < -0.4 is 5.73 Å². The second-order valence-corrected chi connectivity index (χ2v) is 3.85. The molecule has 8 heteroatoms. The summed E-state index contributed by atoms with van der Waals surface area (Å²) in [6.07, 6.45) is 1.39. The van der Waals surface area contributed by atoms with Gasteiger partial charge < -0.3 is 10.5 Å². The minimum Gasteiger partial charge on any atom is -0.453 e. The minimum absolute atomic E-state index is 0.0407. The maximum Gasteiger partial charge on any atom is 0.359 e. The van der Waals surface area contributed by atoms with Crippen LogP contribution in [0.2, 0.25) is 0 Å². The quantitative estimate of drug-likeness (QED) is 0.757. The molecular formula is C10H14N6O2. The van der Waals surface area contributed by atoms with Crippen LogP contribution in [-0.4, -0.2) is 30.5 Å². The van der Waals surface area contributed by atoms with Crippen molar-refractivity contribution in [3.63, 3.8) is 0 Å². The van der Waals surface area contributed by atoms with E-state index in [4.69, 9.17) is 10.5 Å². The maximum atomic E-state index is 11.9. The molecule has 0 atom stereocenters. The molecule has 0 amide bonds. The number of nitrogens with two attached hydrogens (primary N) is 1. The van der Waals surface area contributed by atoms with Gasteiger partial charge in [-0.2, -0.15) is 10.2 Å². The van der Waals surface area contributed by atoms with Gasteiger partial charge in [-0.1, -0.05) is 0 Å². The predicted molar refractivity (Wildman–Crippen MR) is 62.5 cm³/mol. The molecule has 0 saturated carbocycles. The Bertz CT molecular complexity index is 585. The Hall–Kier alpha value is -2.38. The highest BCUT2D eigenvalue weighted by atomic mass is 16.5. The summed E-state index contributed by atoms with van der Waals surface area (Å²) in [6.45, 7) is 1.77. The SMILES string of the molecule is Cc1nn(C)c(C(=O)OCc2ncnn2C)c1N. The molecule has 0 fully saturated rings. The number of hydrogen-bond donors (Lipinski definition) is 1. The Morgan fingerprint density at radius 3 is 2.67 bits per heavy atom. The van der Waals surface area contributed by atoms with Crippen molar-refractivity contribution in [3.05, 3.63) is 23.5 Å². The predicted octanol–water partition coefficient (Wildman–Crippen LogP) is -0.204.